The lowest BCUT2D eigenvalue weighted by atomic mass is 9.51. The molecule has 0 spiro atoms. The topological polar surface area (TPSA) is 95.0 Å². The molecule has 3 heterocycles. The molecule has 0 radical (unpaired) electrons. The van der Waals surface area contributed by atoms with Gasteiger partial charge in [0, 0.05) is 10.8 Å². The van der Waals surface area contributed by atoms with Gasteiger partial charge in [0.25, 0.3) is 0 Å². The standard InChI is InChI=1S/C32H28N2O5S/c1-32-25(29(37)34(31(32)39)19-8-3-2-4-9-19)16-24-22(27(32)18-7-5-10-20(35)15-18)12-13-23-26(24)30(38)33(28(23)36)17-21-11-6-14-40-21/h2-12,14-15,23-27,35H,13,16-17H2,1H3. The van der Waals surface area contributed by atoms with E-state index in [0.717, 1.165) is 16.0 Å². The van der Waals surface area contributed by atoms with Crippen LogP contribution in [0.1, 0.15) is 36.1 Å². The fourth-order valence-corrected chi connectivity index (χ4v) is 8.40. The van der Waals surface area contributed by atoms with Gasteiger partial charge in [-0.05, 0) is 67.0 Å². The number of phenolic OH excluding ortho intramolecular Hbond substituents is 1. The maximum absolute atomic E-state index is 14.3. The van der Waals surface area contributed by atoms with E-state index < -0.39 is 29.1 Å². The van der Waals surface area contributed by atoms with Crippen LogP contribution in [0.3, 0.4) is 0 Å². The van der Waals surface area contributed by atoms with E-state index in [1.807, 2.05) is 42.6 Å². The Hall–Kier alpha value is -4.04. The second-order valence-corrected chi connectivity index (χ2v) is 12.5. The summed E-state index contributed by atoms with van der Waals surface area (Å²) < 4.78 is 0. The van der Waals surface area contributed by atoms with Gasteiger partial charge < -0.3 is 5.11 Å². The molecule has 0 bridgehead atoms. The molecule has 1 saturated carbocycles. The number of imide groups is 2. The fourth-order valence-electron chi connectivity index (χ4n) is 7.70. The zero-order chi connectivity index (χ0) is 27.8. The number of nitrogens with zero attached hydrogens (tertiary/aromatic N) is 2. The van der Waals surface area contributed by atoms with Gasteiger partial charge in [0.2, 0.25) is 23.6 Å². The van der Waals surface area contributed by atoms with Crippen LogP contribution in [-0.4, -0.2) is 33.6 Å². The summed E-state index contributed by atoms with van der Waals surface area (Å²) in [6.07, 6.45) is 2.76. The Morgan fingerprint density at radius 2 is 1.73 bits per heavy atom. The van der Waals surface area contributed by atoms with Crippen molar-refractivity contribution in [1.29, 1.82) is 0 Å². The van der Waals surface area contributed by atoms with Gasteiger partial charge in [-0.3, -0.25) is 24.1 Å². The van der Waals surface area contributed by atoms with E-state index in [1.165, 1.54) is 21.1 Å². The van der Waals surface area contributed by atoms with Crippen molar-refractivity contribution in [2.75, 3.05) is 4.90 Å². The molecule has 2 aromatic carbocycles. The van der Waals surface area contributed by atoms with Crippen LogP contribution in [0.5, 0.6) is 5.75 Å². The number of hydrogen-bond donors (Lipinski definition) is 1. The van der Waals surface area contributed by atoms with Gasteiger partial charge in [-0.2, -0.15) is 0 Å². The third-order valence-electron chi connectivity index (χ3n) is 9.48. The number of amides is 4. The van der Waals surface area contributed by atoms with Crippen molar-refractivity contribution in [1.82, 2.24) is 4.90 Å². The van der Waals surface area contributed by atoms with Crippen LogP contribution < -0.4 is 4.90 Å². The van der Waals surface area contributed by atoms with Crippen molar-refractivity contribution in [2.45, 2.75) is 32.2 Å². The Labute approximate surface area is 235 Å². The summed E-state index contributed by atoms with van der Waals surface area (Å²) in [5.41, 5.74) is 1.05. The van der Waals surface area contributed by atoms with Crippen molar-refractivity contribution in [2.24, 2.45) is 29.1 Å². The van der Waals surface area contributed by atoms with Crippen molar-refractivity contribution >= 4 is 40.7 Å². The van der Waals surface area contributed by atoms with Crippen molar-refractivity contribution < 1.29 is 24.3 Å². The van der Waals surface area contributed by atoms with E-state index in [0.29, 0.717) is 18.5 Å². The molecule has 2 saturated heterocycles. The number of benzene rings is 2. The second-order valence-electron chi connectivity index (χ2n) is 11.4. The molecule has 202 valence electrons. The zero-order valence-corrected chi connectivity index (χ0v) is 22.7. The number of allylic oxidation sites excluding steroid dienone is 2. The summed E-state index contributed by atoms with van der Waals surface area (Å²) in [5.74, 6) is -3.48. The van der Waals surface area contributed by atoms with Crippen LogP contribution >= 0.6 is 11.3 Å². The fraction of sp³-hybridized carbons (Fsp3) is 0.312. The molecule has 4 aliphatic rings. The van der Waals surface area contributed by atoms with Gasteiger partial charge >= 0.3 is 0 Å². The molecule has 7 nitrogen and oxygen atoms in total. The zero-order valence-electron chi connectivity index (χ0n) is 21.9. The number of aromatic hydroxyl groups is 1. The first kappa shape index (κ1) is 25.0. The third-order valence-corrected chi connectivity index (χ3v) is 10.3. The van der Waals surface area contributed by atoms with Crippen LogP contribution in [0.25, 0.3) is 0 Å². The molecule has 2 aliphatic heterocycles. The average Bonchev–Trinajstić information content (AvgIpc) is 3.60. The van der Waals surface area contributed by atoms with Gasteiger partial charge in [0.05, 0.1) is 35.4 Å². The SMILES string of the molecule is CC12C(=O)N(c3ccccc3)C(=O)C1CC1C(=CCC3C(=O)N(Cc4cccs4)C(=O)C31)C2c1cccc(O)c1. The first-order chi connectivity index (χ1) is 19.3. The molecule has 3 fully saturated rings. The average molecular weight is 553 g/mol. The van der Waals surface area contributed by atoms with Crippen molar-refractivity contribution in [3.8, 4) is 5.75 Å². The molecule has 3 aromatic rings. The van der Waals surface area contributed by atoms with Crippen molar-refractivity contribution in [3.63, 3.8) is 0 Å². The number of rotatable bonds is 4. The number of hydrogen-bond acceptors (Lipinski definition) is 6. The Morgan fingerprint density at radius 1 is 0.925 bits per heavy atom. The molecular weight excluding hydrogens is 524 g/mol. The quantitative estimate of drug-likeness (QED) is 0.368. The third kappa shape index (κ3) is 3.41. The van der Waals surface area contributed by atoms with E-state index in [4.69, 9.17) is 0 Å². The smallest absolute Gasteiger partial charge is 0.241 e. The Bertz CT molecular complexity index is 1580. The maximum Gasteiger partial charge on any atom is 0.241 e. The highest BCUT2D eigenvalue weighted by molar-refractivity contribution is 7.09. The number of fused-ring (bicyclic) bond motifs is 4. The second kappa shape index (κ2) is 8.99. The molecule has 6 atom stereocenters. The van der Waals surface area contributed by atoms with Crippen LogP contribution in [0.4, 0.5) is 5.69 Å². The largest absolute Gasteiger partial charge is 0.508 e. The highest BCUT2D eigenvalue weighted by Crippen LogP contribution is 2.63. The van der Waals surface area contributed by atoms with Gasteiger partial charge in [0.1, 0.15) is 5.75 Å². The van der Waals surface area contributed by atoms with E-state index in [-0.39, 0.29) is 41.8 Å². The number of phenols is 1. The van der Waals surface area contributed by atoms with E-state index in [1.54, 1.807) is 42.5 Å². The van der Waals surface area contributed by atoms with E-state index >= 15 is 0 Å². The number of anilines is 1. The highest BCUT2D eigenvalue weighted by atomic mass is 32.1. The van der Waals surface area contributed by atoms with Crippen LogP contribution in [0, 0.1) is 29.1 Å². The minimum absolute atomic E-state index is 0.0694. The van der Waals surface area contributed by atoms with Crippen molar-refractivity contribution in [3.05, 3.63) is 94.2 Å². The number of carbonyl (C=O) groups is 4. The lowest BCUT2D eigenvalue weighted by molar-refractivity contribution is -0.141. The first-order valence-corrected chi connectivity index (χ1v) is 14.5. The molecule has 8 heteroatoms. The van der Waals surface area contributed by atoms with Crippen LogP contribution in [-0.2, 0) is 25.7 Å². The number of thiophene rings is 1. The van der Waals surface area contributed by atoms with Crippen LogP contribution in [0.2, 0.25) is 0 Å². The molecule has 6 unspecified atom stereocenters. The Balaban J connectivity index is 1.34. The summed E-state index contributed by atoms with van der Waals surface area (Å²) in [5, 5.41) is 12.3. The van der Waals surface area contributed by atoms with Gasteiger partial charge in [-0.1, -0.05) is 48.0 Å². The highest BCUT2D eigenvalue weighted by Gasteiger charge is 2.67. The minimum atomic E-state index is -1.11. The van der Waals surface area contributed by atoms with E-state index in [9.17, 15) is 24.3 Å². The molecule has 1 N–H and O–H groups in total. The van der Waals surface area contributed by atoms with Gasteiger partial charge in [-0.15, -0.1) is 11.3 Å². The Morgan fingerprint density at radius 3 is 2.45 bits per heavy atom. The molecule has 1 aromatic heterocycles. The number of para-hydroxylation sites is 1. The lowest BCUT2D eigenvalue weighted by Gasteiger charge is -2.49. The molecular formula is C32H28N2O5S. The predicted molar refractivity (Wildman–Crippen MR) is 149 cm³/mol. The minimum Gasteiger partial charge on any atom is -0.508 e. The van der Waals surface area contributed by atoms with Gasteiger partial charge in [0.15, 0.2) is 0 Å². The normalized spacial score (nSPS) is 31.2. The molecule has 40 heavy (non-hydrogen) atoms. The van der Waals surface area contributed by atoms with E-state index in [2.05, 4.69) is 0 Å². The predicted octanol–water partition coefficient (Wildman–Crippen LogP) is 4.88. The molecule has 7 rings (SSSR count). The maximum atomic E-state index is 14.3. The number of likely N-dealkylation sites (tertiary alicyclic amines) is 1. The summed E-state index contributed by atoms with van der Waals surface area (Å²) in [4.78, 5) is 59.4. The monoisotopic (exact) mass is 552 g/mol. The summed E-state index contributed by atoms with van der Waals surface area (Å²) >= 11 is 1.51. The Kier molecular flexibility index (Phi) is 5.61. The summed E-state index contributed by atoms with van der Waals surface area (Å²) in [6.45, 7) is 2.10. The molecule has 2 aliphatic carbocycles. The lowest BCUT2D eigenvalue weighted by Crippen LogP contribution is -2.48. The number of carbonyl (C=O) groups excluding carboxylic acids is 4. The van der Waals surface area contributed by atoms with Crippen LogP contribution in [0.15, 0.2) is 83.8 Å². The van der Waals surface area contributed by atoms with Gasteiger partial charge in [-0.25, -0.2) is 4.90 Å². The molecule has 4 amide bonds. The first-order valence-electron chi connectivity index (χ1n) is 13.6. The summed E-state index contributed by atoms with van der Waals surface area (Å²) in [7, 11) is 0. The summed E-state index contributed by atoms with van der Waals surface area (Å²) in [6, 6.07) is 19.6.